The third kappa shape index (κ3) is 3.50. The molecule has 1 fully saturated rings. The molecule has 0 saturated carbocycles. The first kappa shape index (κ1) is 17.3. The van der Waals surface area contributed by atoms with Crippen LogP contribution in [0.25, 0.3) is 0 Å². The van der Waals surface area contributed by atoms with Gasteiger partial charge in [-0.05, 0) is 54.0 Å². The van der Waals surface area contributed by atoms with E-state index in [0.717, 1.165) is 12.1 Å². The Hall–Kier alpha value is -2.02. The maximum Gasteiger partial charge on any atom is 0.331 e. The zero-order valence-corrected chi connectivity index (χ0v) is 14.6. The zero-order valence-electron chi connectivity index (χ0n) is 14.6. The van der Waals surface area contributed by atoms with Crippen molar-refractivity contribution < 1.29 is 14.3 Å². The first-order valence-electron chi connectivity index (χ1n) is 7.69. The van der Waals surface area contributed by atoms with Crippen LogP contribution in [0.15, 0.2) is 6.07 Å². The van der Waals surface area contributed by atoms with Gasteiger partial charge in [0.25, 0.3) is 5.91 Å². The Balaban J connectivity index is 2.21. The molecule has 1 unspecified atom stereocenters. The second kappa shape index (κ2) is 5.56. The Bertz CT molecular complexity index is 646. The van der Waals surface area contributed by atoms with Crippen LogP contribution in [0, 0.1) is 13.8 Å². The molecule has 0 aromatic carbocycles. The summed E-state index contributed by atoms with van der Waals surface area (Å²) in [4.78, 5) is 23.7. The molecule has 7 nitrogen and oxygen atoms in total. The number of amides is 3. The van der Waals surface area contributed by atoms with Gasteiger partial charge in [-0.15, -0.1) is 0 Å². The molecule has 3 amide bonds. The van der Waals surface area contributed by atoms with Crippen molar-refractivity contribution in [1.29, 1.82) is 0 Å². The first-order chi connectivity index (χ1) is 10.4. The minimum Gasteiger partial charge on any atom is -0.367 e. The largest absolute Gasteiger partial charge is 0.367 e. The highest BCUT2D eigenvalue weighted by Crippen LogP contribution is 2.37. The summed E-state index contributed by atoms with van der Waals surface area (Å²) in [6.45, 7) is 11.5. The van der Waals surface area contributed by atoms with Gasteiger partial charge in [-0.1, -0.05) is 0 Å². The van der Waals surface area contributed by atoms with E-state index >= 15 is 0 Å². The molecule has 0 radical (unpaired) electrons. The van der Waals surface area contributed by atoms with Crippen molar-refractivity contribution in [3.05, 3.63) is 23.0 Å². The van der Waals surface area contributed by atoms with Gasteiger partial charge in [-0.3, -0.25) is 9.47 Å². The first-order valence-corrected chi connectivity index (χ1v) is 7.69. The van der Waals surface area contributed by atoms with E-state index in [1.807, 2.05) is 27.7 Å². The zero-order chi connectivity index (χ0) is 17.6. The molecule has 23 heavy (non-hydrogen) atoms. The van der Waals surface area contributed by atoms with Crippen LogP contribution in [0.5, 0.6) is 0 Å². The normalized spacial score (nSPS) is 21.9. The summed E-state index contributed by atoms with van der Waals surface area (Å²) in [5.74, 6) is -0.185. The second-order valence-corrected chi connectivity index (χ2v) is 7.29. The second-order valence-electron chi connectivity index (χ2n) is 7.29. The summed E-state index contributed by atoms with van der Waals surface area (Å²) >= 11 is 0. The number of hydrogen-bond donors (Lipinski definition) is 3. The van der Waals surface area contributed by atoms with Gasteiger partial charge in [0.1, 0.15) is 0 Å². The molecule has 0 spiro atoms. The standard InChI is InChI=1S/C16H26N4O3/c1-9-7-11(10(2)20(9)19-14(17)22)13(21)18-12-8-15(3,4)23-16(12,5)6/h7,12H,8H2,1-6H3,(H,18,21)(H3,17,19,22). The number of nitrogens with zero attached hydrogens (tertiary/aromatic N) is 1. The number of carbonyl (C=O) groups excluding carboxylic acids is 2. The van der Waals surface area contributed by atoms with Crippen LogP contribution < -0.4 is 16.5 Å². The summed E-state index contributed by atoms with van der Waals surface area (Å²) in [6.07, 6.45) is 0.740. The number of urea groups is 1. The summed E-state index contributed by atoms with van der Waals surface area (Å²) < 4.78 is 7.52. The molecule has 7 heteroatoms. The Labute approximate surface area is 136 Å². The van der Waals surface area contributed by atoms with E-state index in [1.165, 1.54) is 4.68 Å². The molecular formula is C16H26N4O3. The monoisotopic (exact) mass is 322 g/mol. The van der Waals surface area contributed by atoms with Crippen LogP contribution in [0.3, 0.4) is 0 Å². The number of nitrogens with two attached hydrogens (primary N) is 1. The molecule has 1 saturated heterocycles. The lowest BCUT2D eigenvalue weighted by atomic mass is 9.94. The van der Waals surface area contributed by atoms with Gasteiger partial charge in [-0.2, -0.15) is 0 Å². The number of rotatable bonds is 3. The van der Waals surface area contributed by atoms with E-state index in [2.05, 4.69) is 10.7 Å². The molecule has 1 atom stereocenters. The van der Waals surface area contributed by atoms with Crippen molar-refractivity contribution in [3.63, 3.8) is 0 Å². The highest BCUT2D eigenvalue weighted by molar-refractivity contribution is 5.96. The fraction of sp³-hybridized carbons (Fsp3) is 0.625. The number of carbonyl (C=O) groups is 2. The molecular weight excluding hydrogens is 296 g/mol. The lowest BCUT2D eigenvalue weighted by molar-refractivity contribution is -0.0693. The quantitative estimate of drug-likeness (QED) is 0.791. The van der Waals surface area contributed by atoms with Crippen LogP contribution in [0.1, 0.15) is 55.9 Å². The predicted molar refractivity (Wildman–Crippen MR) is 88.0 cm³/mol. The van der Waals surface area contributed by atoms with Crippen LogP contribution in [-0.4, -0.2) is 33.9 Å². The molecule has 2 rings (SSSR count). The third-order valence-corrected chi connectivity index (χ3v) is 4.28. The van der Waals surface area contributed by atoms with Gasteiger partial charge in [0.2, 0.25) is 0 Å². The molecule has 4 N–H and O–H groups in total. The van der Waals surface area contributed by atoms with Crippen molar-refractivity contribution in [1.82, 2.24) is 9.99 Å². The fourth-order valence-corrected chi connectivity index (χ4v) is 3.30. The number of aromatic nitrogens is 1. The molecule has 1 aromatic heterocycles. The SMILES string of the molecule is Cc1cc(C(=O)NC2CC(C)(C)OC2(C)C)c(C)n1NC(N)=O. The summed E-state index contributed by atoms with van der Waals surface area (Å²) in [5, 5.41) is 3.05. The van der Waals surface area contributed by atoms with Crippen LogP contribution >= 0.6 is 0 Å². The fourth-order valence-electron chi connectivity index (χ4n) is 3.30. The van der Waals surface area contributed by atoms with Crippen molar-refractivity contribution in [3.8, 4) is 0 Å². The van der Waals surface area contributed by atoms with E-state index in [0.29, 0.717) is 11.3 Å². The number of hydrogen-bond acceptors (Lipinski definition) is 3. The average Bonchev–Trinajstić information content (AvgIpc) is 2.75. The van der Waals surface area contributed by atoms with Gasteiger partial charge in [0.15, 0.2) is 0 Å². The van der Waals surface area contributed by atoms with Crippen molar-refractivity contribution >= 4 is 11.9 Å². The topological polar surface area (TPSA) is 98.4 Å². The van der Waals surface area contributed by atoms with Gasteiger partial charge in [-0.25, -0.2) is 10.2 Å². The van der Waals surface area contributed by atoms with Crippen molar-refractivity contribution in [2.75, 3.05) is 5.43 Å². The molecule has 0 aliphatic carbocycles. The Morgan fingerprint density at radius 1 is 1.30 bits per heavy atom. The lowest BCUT2D eigenvalue weighted by Gasteiger charge is -2.27. The van der Waals surface area contributed by atoms with E-state index in [9.17, 15) is 9.59 Å². The number of aryl methyl sites for hydroxylation is 1. The lowest BCUT2D eigenvalue weighted by Crippen LogP contribution is -2.46. The Morgan fingerprint density at radius 3 is 2.39 bits per heavy atom. The third-order valence-electron chi connectivity index (χ3n) is 4.28. The predicted octanol–water partition coefficient (Wildman–Crippen LogP) is 1.80. The van der Waals surface area contributed by atoms with Gasteiger partial charge in [0, 0.05) is 11.4 Å². The van der Waals surface area contributed by atoms with Crippen molar-refractivity contribution in [2.24, 2.45) is 5.73 Å². The molecule has 1 aliphatic rings. The summed E-state index contributed by atoms with van der Waals surface area (Å²) in [6, 6.07) is 0.970. The van der Waals surface area contributed by atoms with E-state index < -0.39 is 11.6 Å². The smallest absolute Gasteiger partial charge is 0.331 e. The van der Waals surface area contributed by atoms with Crippen LogP contribution in [0.2, 0.25) is 0 Å². The van der Waals surface area contributed by atoms with Gasteiger partial charge < -0.3 is 15.8 Å². The average molecular weight is 322 g/mol. The molecule has 1 aromatic rings. The van der Waals surface area contributed by atoms with Crippen LogP contribution in [0.4, 0.5) is 4.79 Å². The maximum atomic E-state index is 12.6. The minimum absolute atomic E-state index is 0.0860. The van der Waals surface area contributed by atoms with E-state index in [1.54, 1.807) is 19.9 Å². The highest BCUT2D eigenvalue weighted by Gasteiger charge is 2.46. The van der Waals surface area contributed by atoms with Crippen LogP contribution in [-0.2, 0) is 4.74 Å². The van der Waals surface area contributed by atoms with Gasteiger partial charge >= 0.3 is 6.03 Å². The Kier molecular flexibility index (Phi) is 4.19. The van der Waals surface area contributed by atoms with E-state index in [-0.39, 0.29) is 17.6 Å². The minimum atomic E-state index is -0.675. The van der Waals surface area contributed by atoms with Crippen molar-refractivity contribution in [2.45, 2.75) is 65.2 Å². The number of nitrogens with one attached hydrogen (secondary N) is 2. The number of primary amides is 1. The molecule has 0 bridgehead atoms. The molecule has 128 valence electrons. The molecule has 1 aliphatic heterocycles. The maximum absolute atomic E-state index is 12.6. The highest BCUT2D eigenvalue weighted by atomic mass is 16.5. The van der Waals surface area contributed by atoms with E-state index in [4.69, 9.17) is 10.5 Å². The Morgan fingerprint density at radius 2 is 1.91 bits per heavy atom. The molecule has 2 heterocycles. The summed E-state index contributed by atoms with van der Waals surface area (Å²) in [5.41, 5.74) is 8.82. The van der Waals surface area contributed by atoms with Gasteiger partial charge in [0.05, 0.1) is 22.8 Å². The summed E-state index contributed by atoms with van der Waals surface area (Å²) in [7, 11) is 0. The number of ether oxygens (including phenoxy) is 1.